The van der Waals surface area contributed by atoms with E-state index in [0.29, 0.717) is 11.1 Å². The fourth-order valence-corrected chi connectivity index (χ4v) is 3.46. The standard InChI is InChI=1S/C17H21N5O2S/c1-10(2)13(15(23)20-16(18)24)25-17-19-14(11-8-9-11)22(21-17)12-6-4-3-5-7-12/h3-7,10-11,13H,8-9H2,1-2H3,(H3,18,20,23,24). The van der Waals surface area contributed by atoms with E-state index in [0.717, 1.165) is 24.4 Å². The predicted octanol–water partition coefficient (Wildman–Crippen LogP) is 2.46. The lowest BCUT2D eigenvalue weighted by molar-refractivity contribution is -0.120. The molecule has 0 spiro atoms. The summed E-state index contributed by atoms with van der Waals surface area (Å²) >= 11 is 1.26. The van der Waals surface area contributed by atoms with Crippen LogP contribution in [0.2, 0.25) is 0 Å². The van der Waals surface area contributed by atoms with E-state index in [1.807, 2.05) is 48.9 Å². The normalized spacial score (nSPS) is 15.2. The maximum absolute atomic E-state index is 12.2. The predicted molar refractivity (Wildman–Crippen MR) is 95.5 cm³/mol. The third-order valence-electron chi connectivity index (χ3n) is 3.90. The lowest BCUT2D eigenvalue weighted by atomic mass is 10.1. The van der Waals surface area contributed by atoms with Gasteiger partial charge in [-0.3, -0.25) is 10.1 Å². The molecule has 1 heterocycles. The minimum Gasteiger partial charge on any atom is -0.351 e. The van der Waals surface area contributed by atoms with E-state index < -0.39 is 17.2 Å². The van der Waals surface area contributed by atoms with Crippen molar-refractivity contribution in [1.29, 1.82) is 0 Å². The average molecular weight is 359 g/mol. The second-order valence-corrected chi connectivity index (χ2v) is 7.52. The van der Waals surface area contributed by atoms with Gasteiger partial charge >= 0.3 is 6.03 Å². The van der Waals surface area contributed by atoms with Crippen LogP contribution < -0.4 is 11.1 Å². The Morgan fingerprint density at radius 3 is 2.52 bits per heavy atom. The molecule has 0 aliphatic heterocycles. The number of amides is 3. The first-order valence-electron chi connectivity index (χ1n) is 8.25. The number of benzene rings is 1. The van der Waals surface area contributed by atoms with Gasteiger partial charge in [0.15, 0.2) is 0 Å². The zero-order valence-corrected chi connectivity index (χ0v) is 15.0. The average Bonchev–Trinajstić information content (AvgIpc) is 3.32. The van der Waals surface area contributed by atoms with Gasteiger partial charge in [0.05, 0.1) is 10.9 Å². The van der Waals surface area contributed by atoms with Gasteiger partial charge in [0, 0.05) is 5.92 Å². The molecule has 3 N–H and O–H groups in total. The Hall–Kier alpha value is -2.35. The molecule has 0 saturated heterocycles. The smallest absolute Gasteiger partial charge is 0.318 e. The van der Waals surface area contributed by atoms with E-state index in [9.17, 15) is 9.59 Å². The molecule has 1 fully saturated rings. The molecule has 1 aromatic heterocycles. The van der Waals surface area contributed by atoms with E-state index in [-0.39, 0.29) is 5.92 Å². The summed E-state index contributed by atoms with van der Waals surface area (Å²) in [6.07, 6.45) is 2.21. The van der Waals surface area contributed by atoms with Crippen LogP contribution in [0.4, 0.5) is 4.79 Å². The summed E-state index contributed by atoms with van der Waals surface area (Å²) < 4.78 is 1.85. The number of primary amides is 1. The molecule has 3 rings (SSSR count). The van der Waals surface area contributed by atoms with Gasteiger partial charge in [-0.25, -0.2) is 14.5 Å². The highest BCUT2D eigenvalue weighted by Crippen LogP contribution is 2.41. The van der Waals surface area contributed by atoms with Gasteiger partial charge in [0.2, 0.25) is 11.1 Å². The number of imide groups is 1. The monoisotopic (exact) mass is 359 g/mol. The van der Waals surface area contributed by atoms with Gasteiger partial charge in [0.25, 0.3) is 0 Å². The molecule has 1 aromatic carbocycles. The zero-order valence-electron chi connectivity index (χ0n) is 14.2. The van der Waals surface area contributed by atoms with Crippen molar-refractivity contribution in [3.05, 3.63) is 36.2 Å². The Kier molecular flexibility index (Phi) is 5.08. The minimum atomic E-state index is -0.849. The molecular formula is C17H21N5O2S. The van der Waals surface area contributed by atoms with Gasteiger partial charge in [-0.1, -0.05) is 43.8 Å². The first-order valence-corrected chi connectivity index (χ1v) is 9.13. The van der Waals surface area contributed by atoms with Crippen LogP contribution in [0.3, 0.4) is 0 Å². The first-order chi connectivity index (χ1) is 12.0. The number of urea groups is 1. The molecule has 0 bridgehead atoms. The number of nitrogens with two attached hydrogens (primary N) is 1. The maximum atomic E-state index is 12.2. The van der Waals surface area contributed by atoms with Crippen molar-refractivity contribution in [1.82, 2.24) is 20.1 Å². The van der Waals surface area contributed by atoms with Crippen molar-refractivity contribution in [2.24, 2.45) is 11.7 Å². The van der Waals surface area contributed by atoms with Gasteiger partial charge in [-0.05, 0) is 30.9 Å². The third kappa shape index (κ3) is 4.19. The molecule has 1 atom stereocenters. The lowest BCUT2D eigenvalue weighted by Gasteiger charge is -2.16. The van der Waals surface area contributed by atoms with Gasteiger partial charge in [0.1, 0.15) is 5.82 Å². The lowest BCUT2D eigenvalue weighted by Crippen LogP contribution is -2.42. The molecular weight excluding hydrogens is 338 g/mol. The summed E-state index contributed by atoms with van der Waals surface area (Å²) in [6.45, 7) is 3.82. The highest BCUT2D eigenvalue weighted by molar-refractivity contribution is 8.00. The van der Waals surface area contributed by atoms with Crippen LogP contribution in [-0.4, -0.2) is 32.0 Å². The molecule has 7 nitrogen and oxygen atoms in total. The number of carbonyl (C=O) groups excluding carboxylic acids is 2. The van der Waals surface area contributed by atoms with Crippen LogP contribution in [0, 0.1) is 5.92 Å². The third-order valence-corrected chi connectivity index (χ3v) is 5.29. The number of para-hydroxylation sites is 1. The van der Waals surface area contributed by atoms with E-state index in [1.54, 1.807) is 0 Å². The van der Waals surface area contributed by atoms with Crippen LogP contribution >= 0.6 is 11.8 Å². The van der Waals surface area contributed by atoms with E-state index >= 15 is 0 Å². The maximum Gasteiger partial charge on any atom is 0.318 e. The number of nitrogens with zero attached hydrogens (tertiary/aromatic N) is 3. The van der Waals surface area contributed by atoms with Crippen molar-refractivity contribution in [2.75, 3.05) is 0 Å². The molecule has 1 aliphatic carbocycles. The quantitative estimate of drug-likeness (QED) is 0.771. The zero-order chi connectivity index (χ0) is 18.0. The number of carbonyl (C=O) groups is 2. The summed E-state index contributed by atoms with van der Waals surface area (Å²) in [5, 5.41) is 6.78. The SMILES string of the molecule is CC(C)C(Sc1nc(C2CC2)n(-c2ccccc2)n1)C(=O)NC(N)=O. The summed E-state index contributed by atoms with van der Waals surface area (Å²) in [5.41, 5.74) is 6.01. The molecule has 25 heavy (non-hydrogen) atoms. The molecule has 8 heteroatoms. The van der Waals surface area contributed by atoms with E-state index in [1.165, 1.54) is 11.8 Å². The fourth-order valence-electron chi connectivity index (χ4n) is 2.52. The number of aromatic nitrogens is 3. The Morgan fingerprint density at radius 1 is 1.28 bits per heavy atom. The van der Waals surface area contributed by atoms with Crippen molar-refractivity contribution >= 4 is 23.7 Å². The van der Waals surface area contributed by atoms with Crippen LogP contribution in [0.1, 0.15) is 38.4 Å². The highest BCUT2D eigenvalue weighted by Gasteiger charge is 2.32. The molecule has 3 amide bonds. The Bertz CT molecular complexity index is 771. The Labute approximate surface area is 150 Å². The second-order valence-electron chi connectivity index (χ2n) is 6.41. The summed E-state index contributed by atoms with van der Waals surface area (Å²) in [5.74, 6) is 0.916. The van der Waals surface area contributed by atoms with E-state index in [4.69, 9.17) is 5.73 Å². The minimum absolute atomic E-state index is 0.00241. The number of hydrogen-bond donors (Lipinski definition) is 2. The Balaban J connectivity index is 1.87. The summed E-state index contributed by atoms with van der Waals surface area (Å²) in [4.78, 5) is 27.8. The molecule has 132 valence electrons. The van der Waals surface area contributed by atoms with Gasteiger partial charge in [-0.2, -0.15) is 0 Å². The van der Waals surface area contributed by atoms with Crippen molar-refractivity contribution < 1.29 is 9.59 Å². The van der Waals surface area contributed by atoms with Crippen molar-refractivity contribution in [3.63, 3.8) is 0 Å². The Morgan fingerprint density at radius 2 is 1.96 bits per heavy atom. The molecule has 0 radical (unpaired) electrons. The topological polar surface area (TPSA) is 103 Å². The van der Waals surface area contributed by atoms with Gasteiger partial charge in [-0.15, -0.1) is 5.10 Å². The molecule has 2 aromatic rings. The second kappa shape index (κ2) is 7.26. The summed E-state index contributed by atoms with van der Waals surface area (Å²) in [7, 11) is 0. The van der Waals surface area contributed by atoms with Crippen molar-refractivity contribution in [2.45, 2.75) is 43.0 Å². The molecule has 1 saturated carbocycles. The van der Waals surface area contributed by atoms with Crippen LogP contribution in [0.15, 0.2) is 35.5 Å². The number of nitrogens with one attached hydrogen (secondary N) is 1. The van der Waals surface area contributed by atoms with Crippen LogP contribution in [0.25, 0.3) is 5.69 Å². The number of hydrogen-bond acceptors (Lipinski definition) is 5. The first kappa shape index (κ1) is 17.5. The largest absolute Gasteiger partial charge is 0.351 e. The van der Waals surface area contributed by atoms with E-state index in [2.05, 4.69) is 15.4 Å². The fraction of sp³-hybridized carbons (Fsp3) is 0.412. The van der Waals surface area contributed by atoms with Crippen LogP contribution in [0.5, 0.6) is 0 Å². The number of thioether (sulfide) groups is 1. The van der Waals surface area contributed by atoms with Crippen LogP contribution in [-0.2, 0) is 4.79 Å². The number of rotatable bonds is 6. The molecule has 1 unspecified atom stereocenters. The van der Waals surface area contributed by atoms with Crippen molar-refractivity contribution in [3.8, 4) is 5.69 Å². The molecule has 1 aliphatic rings. The van der Waals surface area contributed by atoms with Gasteiger partial charge < -0.3 is 5.73 Å². The highest BCUT2D eigenvalue weighted by atomic mass is 32.2. The summed E-state index contributed by atoms with van der Waals surface area (Å²) in [6, 6.07) is 8.98.